The summed E-state index contributed by atoms with van der Waals surface area (Å²) in [6, 6.07) is 8.72. The second-order valence-electron chi connectivity index (χ2n) is 8.84. The van der Waals surface area contributed by atoms with Gasteiger partial charge in [-0.15, -0.1) is 0 Å². The summed E-state index contributed by atoms with van der Waals surface area (Å²) in [5.41, 5.74) is 4.16. The lowest BCUT2D eigenvalue weighted by molar-refractivity contribution is -0.122. The summed E-state index contributed by atoms with van der Waals surface area (Å²) in [6.07, 6.45) is 6.50. The molecule has 3 heterocycles. The second-order valence-corrected chi connectivity index (χ2v) is 8.84. The molecule has 1 unspecified atom stereocenters. The Hall–Kier alpha value is -1.85. The predicted molar refractivity (Wildman–Crippen MR) is 117 cm³/mol. The Kier molecular flexibility index (Phi) is 6.56. The standard InChI is InChI=1S/C24H35N3O2/c1-18-22(21-7-3-4-8-23(21)26(18)2)17-27-13-11-19(12-14-27)9-10-24(28)25-16-20-6-5-15-29-20/h3-4,7-8,19-20H,5-6,9-17H2,1-2H3,(H,25,28). The van der Waals surface area contributed by atoms with Crippen molar-refractivity contribution in [2.75, 3.05) is 26.2 Å². The highest BCUT2D eigenvalue weighted by molar-refractivity contribution is 5.85. The van der Waals surface area contributed by atoms with Crippen molar-refractivity contribution in [3.05, 3.63) is 35.5 Å². The Morgan fingerprint density at radius 1 is 1.21 bits per heavy atom. The first kappa shape index (κ1) is 20.4. The molecule has 5 heteroatoms. The van der Waals surface area contributed by atoms with Gasteiger partial charge < -0.3 is 14.6 Å². The van der Waals surface area contributed by atoms with Crippen molar-refractivity contribution in [2.24, 2.45) is 13.0 Å². The number of piperidine rings is 1. The van der Waals surface area contributed by atoms with Crippen molar-refractivity contribution in [2.45, 2.75) is 58.1 Å². The summed E-state index contributed by atoms with van der Waals surface area (Å²) in [4.78, 5) is 14.7. The molecule has 1 amide bonds. The molecule has 1 N–H and O–H groups in total. The number of carbonyl (C=O) groups is 1. The fourth-order valence-corrected chi connectivity index (χ4v) is 4.91. The van der Waals surface area contributed by atoms with Crippen LogP contribution in [0.1, 0.15) is 49.8 Å². The lowest BCUT2D eigenvalue weighted by atomic mass is 9.91. The molecule has 158 valence electrons. The summed E-state index contributed by atoms with van der Waals surface area (Å²) >= 11 is 0. The van der Waals surface area contributed by atoms with Crippen LogP contribution in [0.4, 0.5) is 0 Å². The Bertz CT molecular complexity index is 830. The third kappa shape index (κ3) is 4.84. The van der Waals surface area contributed by atoms with Crippen LogP contribution in [0.25, 0.3) is 10.9 Å². The number of benzene rings is 1. The Labute approximate surface area is 174 Å². The minimum Gasteiger partial charge on any atom is -0.376 e. The van der Waals surface area contributed by atoms with Crippen LogP contribution in [0.5, 0.6) is 0 Å². The molecule has 2 fully saturated rings. The van der Waals surface area contributed by atoms with E-state index in [1.54, 1.807) is 0 Å². The van der Waals surface area contributed by atoms with Gasteiger partial charge in [-0.05, 0) is 69.7 Å². The van der Waals surface area contributed by atoms with E-state index in [4.69, 9.17) is 4.74 Å². The molecule has 2 saturated heterocycles. The topological polar surface area (TPSA) is 46.5 Å². The number of rotatable bonds is 7. The van der Waals surface area contributed by atoms with E-state index in [1.165, 1.54) is 35.0 Å². The van der Waals surface area contributed by atoms with Crippen molar-refractivity contribution in [3.8, 4) is 0 Å². The molecule has 1 atom stereocenters. The van der Waals surface area contributed by atoms with Crippen LogP contribution in [0.3, 0.4) is 0 Å². The van der Waals surface area contributed by atoms with Gasteiger partial charge in [-0.2, -0.15) is 0 Å². The lowest BCUT2D eigenvalue weighted by Crippen LogP contribution is -2.35. The fourth-order valence-electron chi connectivity index (χ4n) is 4.91. The zero-order valence-electron chi connectivity index (χ0n) is 18.0. The van der Waals surface area contributed by atoms with Gasteiger partial charge in [-0.25, -0.2) is 0 Å². The summed E-state index contributed by atoms with van der Waals surface area (Å²) in [5, 5.41) is 4.44. The molecule has 0 saturated carbocycles. The summed E-state index contributed by atoms with van der Waals surface area (Å²) in [6.45, 7) is 7.05. The van der Waals surface area contributed by atoms with Gasteiger partial charge in [0, 0.05) is 49.8 Å². The van der Waals surface area contributed by atoms with E-state index in [0.717, 1.165) is 45.5 Å². The monoisotopic (exact) mass is 397 g/mol. The van der Waals surface area contributed by atoms with E-state index in [0.29, 0.717) is 18.9 Å². The van der Waals surface area contributed by atoms with E-state index in [-0.39, 0.29) is 12.0 Å². The van der Waals surface area contributed by atoms with E-state index in [2.05, 4.69) is 53.0 Å². The van der Waals surface area contributed by atoms with Gasteiger partial charge in [0.25, 0.3) is 0 Å². The molecule has 0 spiro atoms. The molecule has 1 aromatic heterocycles. The van der Waals surface area contributed by atoms with Crippen LogP contribution >= 0.6 is 0 Å². The predicted octanol–water partition coefficient (Wildman–Crippen LogP) is 3.77. The number of carbonyl (C=O) groups excluding carboxylic acids is 1. The van der Waals surface area contributed by atoms with Crippen LogP contribution in [0.15, 0.2) is 24.3 Å². The Morgan fingerprint density at radius 2 is 2.00 bits per heavy atom. The van der Waals surface area contributed by atoms with Crippen LogP contribution in [0, 0.1) is 12.8 Å². The molecule has 2 aromatic rings. The maximum Gasteiger partial charge on any atom is 0.220 e. The van der Waals surface area contributed by atoms with Crippen molar-refractivity contribution in [1.82, 2.24) is 14.8 Å². The van der Waals surface area contributed by atoms with Gasteiger partial charge >= 0.3 is 0 Å². The maximum atomic E-state index is 12.1. The highest BCUT2D eigenvalue weighted by Crippen LogP contribution is 2.28. The SMILES string of the molecule is Cc1c(CN2CCC(CCC(=O)NCC3CCCO3)CC2)c2ccccc2n1C. The number of nitrogens with one attached hydrogen (secondary N) is 1. The fraction of sp³-hybridized carbons (Fsp3) is 0.625. The first-order valence-corrected chi connectivity index (χ1v) is 11.3. The first-order valence-electron chi connectivity index (χ1n) is 11.3. The minimum absolute atomic E-state index is 0.189. The normalized spacial score (nSPS) is 21.1. The van der Waals surface area contributed by atoms with Crippen molar-refractivity contribution >= 4 is 16.8 Å². The highest BCUT2D eigenvalue weighted by Gasteiger charge is 2.22. The van der Waals surface area contributed by atoms with Crippen LogP contribution < -0.4 is 5.32 Å². The van der Waals surface area contributed by atoms with Crippen LogP contribution in [-0.4, -0.2) is 47.7 Å². The van der Waals surface area contributed by atoms with Crippen molar-refractivity contribution in [3.63, 3.8) is 0 Å². The molecular formula is C24H35N3O2. The smallest absolute Gasteiger partial charge is 0.220 e. The average Bonchev–Trinajstić information content (AvgIpc) is 3.35. The number of ether oxygens (including phenoxy) is 1. The molecule has 0 radical (unpaired) electrons. The summed E-state index contributed by atoms with van der Waals surface area (Å²) in [7, 11) is 2.16. The molecule has 4 rings (SSSR count). The number of nitrogens with zero attached hydrogens (tertiary/aromatic N) is 2. The molecular weight excluding hydrogens is 362 g/mol. The van der Waals surface area contributed by atoms with E-state index >= 15 is 0 Å². The van der Waals surface area contributed by atoms with Gasteiger partial charge in [0.05, 0.1) is 6.10 Å². The van der Waals surface area contributed by atoms with E-state index < -0.39 is 0 Å². The van der Waals surface area contributed by atoms with Crippen molar-refractivity contribution < 1.29 is 9.53 Å². The third-order valence-corrected chi connectivity index (χ3v) is 6.95. The van der Waals surface area contributed by atoms with Gasteiger partial charge in [-0.3, -0.25) is 9.69 Å². The third-order valence-electron chi connectivity index (χ3n) is 6.95. The summed E-state index contributed by atoms with van der Waals surface area (Å²) < 4.78 is 7.89. The van der Waals surface area contributed by atoms with E-state index in [1.807, 2.05) is 0 Å². The number of fused-ring (bicyclic) bond motifs is 1. The quantitative estimate of drug-likeness (QED) is 0.774. The van der Waals surface area contributed by atoms with Gasteiger partial charge in [0.15, 0.2) is 0 Å². The molecule has 1 aromatic carbocycles. The Balaban J connectivity index is 1.22. The van der Waals surface area contributed by atoms with Gasteiger partial charge in [0.1, 0.15) is 0 Å². The molecule has 5 nitrogen and oxygen atoms in total. The number of likely N-dealkylation sites (tertiary alicyclic amines) is 1. The molecule has 2 aliphatic rings. The number of para-hydroxylation sites is 1. The molecule has 29 heavy (non-hydrogen) atoms. The molecule has 0 bridgehead atoms. The maximum absolute atomic E-state index is 12.1. The van der Waals surface area contributed by atoms with E-state index in [9.17, 15) is 4.79 Å². The lowest BCUT2D eigenvalue weighted by Gasteiger charge is -2.32. The van der Waals surface area contributed by atoms with Crippen LogP contribution in [0.2, 0.25) is 0 Å². The second kappa shape index (κ2) is 9.31. The average molecular weight is 398 g/mol. The van der Waals surface area contributed by atoms with Gasteiger partial charge in [-0.1, -0.05) is 18.2 Å². The first-order chi connectivity index (χ1) is 14.1. The Morgan fingerprint density at radius 3 is 2.76 bits per heavy atom. The van der Waals surface area contributed by atoms with Crippen LogP contribution in [-0.2, 0) is 23.1 Å². The zero-order chi connectivity index (χ0) is 20.2. The molecule has 0 aliphatic carbocycles. The zero-order valence-corrected chi connectivity index (χ0v) is 18.0. The number of hydrogen-bond acceptors (Lipinski definition) is 3. The highest BCUT2D eigenvalue weighted by atomic mass is 16.5. The number of hydrogen-bond donors (Lipinski definition) is 1. The number of amides is 1. The van der Waals surface area contributed by atoms with Crippen molar-refractivity contribution in [1.29, 1.82) is 0 Å². The number of aryl methyl sites for hydroxylation is 1. The van der Waals surface area contributed by atoms with Gasteiger partial charge in [0.2, 0.25) is 5.91 Å². The largest absolute Gasteiger partial charge is 0.376 e. The minimum atomic E-state index is 0.189. The summed E-state index contributed by atoms with van der Waals surface area (Å²) in [5.74, 6) is 0.864. The number of aromatic nitrogens is 1. The molecule has 2 aliphatic heterocycles.